The van der Waals surface area contributed by atoms with Crippen molar-refractivity contribution in [3.05, 3.63) is 42.0 Å². The van der Waals surface area contributed by atoms with E-state index in [1.807, 2.05) is 36.4 Å². The van der Waals surface area contributed by atoms with Gasteiger partial charge in [-0.3, -0.25) is 19.7 Å². The number of ether oxygens (including phenoxy) is 1. The second-order valence-electron chi connectivity index (χ2n) is 9.03. The molecule has 0 bridgehead atoms. The van der Waals surface area contributed by atoms with Crippen LogP contribution in [-0.4, -0.2) is 93.9 Å². The number of amides is 4. The molecule has 3 aliphatic rings. The minimum atomic E-state index is -1.40. The molecule has 188 valence electrons. The molecule has 0 unspecified atom stereocenters. The second kappa shape index (κ2) is 10.8. The van der Waals surface area contributed by atoms with Gasteiger partial charge in [0.2, 0.25) is 11.8 Å². The second-order valence-corrected chi connectivity index (χ2v) is 9.03. The Bertz CT molecular complexity index is 993. The monoisotopic (exact) mass is 486 g/mol. The molecular weight excluding hydrogens is 456 g/mol. The van der Waals surface area contributed by atoms with E-state index in [9.17, 15) is 29.5 Å². The Balaban J connectivity index is 1.51. The van der Waals surface area contributed by atoms with Gasteiger partial charge < -0.3 is 19.6 Å². The van der Waals surface area contributed by atoms with Crippen molar-refractivity contribution < 1.29 is 34.2 Å². The van der Waals surface area contributed by atoms with Gasteiger partial charge in [-0.2, -0.15) is 0 Å². The van der Waals surface area contributed by atoms with E-state index >= 15 is 0 Å². The van der Waals surface area contributed by atoms with E-state index in [0.717, 1.165) is 28.9 Å². The normalized spacial score (nSPS) is 24.5. The van der Waals surface area contributed by atoms with Gasteiger partial charge in [0.15, 0.2) is 0 Å². The minimum Gasteiger partial charge on any atom is -0.465 e. The van der Waals surface area contributed by atoms with Crippen molar-refractivity contribution in [3.8, 4) is 0 Å². The largest absolute Gasteiger partial charge is 0.465 e. The van der Waals surface area contributed by atoms with Crippen LogP contribution in [0.2, 0.25) is 0 Å². The van der Waals surface area contributed by atoms with Crippen molar-refractivity contribution in [1.82, 2.24) is 20.2 Å². The van der Waals surface area contributed by atoms with Crippen molar-refractivity contribution in [2.75, 3.05) is 32.7 Å². The lowest BCUT2D eigenvalue weighted by Crippen LogP contribution is -2.63. The maximum atomic E-state index is 13.5. The number of likely N-dealkylation sites (tertiary alicyclic amines) is 2. The number of hydrogen-bond donors (Lipinski definition) is 3. The lowest BCUT2D eigenvalue weighted by molar-refractivity contribution is -0.151. The van der Waals surface area contributed by atoms with Crippen molar-refractivity contribution in [3.63, 3.8) is 0 Å². The molecule has 3 atom stereocenters. The van der Waals surface area contributed by atoms with E-state index in [1.54, 1.807) is 5.48 Å². The maximum absolute atomic E-state index is 13.5. The number of hydroxylamine groups is 1. The van der Waals surface area contributed by atoms with Gasteiger partial charge >= 0.3 is 12.2 Å². The summed E-state index contributed by atoms with van der Waals surface area (Å²) in [4.78, 5) is 54.5. The molecule has 11 heteroatoms. The van der Waals surface area contributed by atoms with E-state index < -0.39 is 42.1 Å². The molecule has 0 spiro atoms. The van der Waals surface area contributed by atoms with E-state index in [-0.39, 0.29) is 19.5 Å². The number of nitrogens with one attached hydrogen (secondary N) is 1. The highest BCUT2D eigenvalue weighted by atomic mass is 16.6. The quantitative estimate of drug-likeness (QED) is 0.435. The van der Waals surface area contributed by atoms with Crippen LogP contribution in [0.25, 0.3) is 5.57 Å². The number of piperidine rings is 1. The summed E-state index contributed by atoms with van der Waals surface area (Å²) in [7, 11) is 0. The zero-order valence-corrected chi connectivity index (χ0v) is 19.3. The first-order valence-electron chi connectivity index (χ1n) is 11.8. The van der Waals surface area contributed by atoms with E-state index in [4.69, 9.17) is 4.74 Å². The Kier molecular flexibility index (Phi) is 7.54. The minimum absolute atomic E-state index is 0.0783. The van der Waals surface area contributed by atoms with Crippen LogP contribution in [0.3, 0.4) is 0 Å². The SMILES string of the molecule is O=C(NO)[C@H]1C[C@H](OC(=O)N2CCCC2)CN(C(=O)O)[C@@H]1C(=O)N1CC=C(c2ccccc2)CC1. The molecular formula is C24H30N4O7. The van der Waals surface area contributed by atoms with Gasteiger partial charge in [-0.25, -0.2) is 15.1 Å². The third kappa shape index (κ3) is 5.40. The summed E-state index contributed by atoms with van der Waals surface area (Å²) in [5.41, 5.74) is 3.70. The van der Waals surface area contributed by atoms with Crippen LogP contribution < -0.4 is 5.48 Å². The van der Waals surface area contributed by atoms with Crippen LogP contribution in [0.1, 0.15) is 31.2 Å². The van der Waals surface area contributed by atoms with Gasteiger partial charge in [0.1, 0.15) is 12.1 Å². The number of nitrogens with zero attached hydrogens (tertiary/aromatic N) is 3. The molecule has 0 aliphatic carbocycles. The zero-order valence-electron chi connectivity index (χ0n) is 19.3. The Hall–Kier alpha value is -3.60. The van der Waals surface area contributed by atoms with Gasteiger partial charge in [0.05, 0.1) is 12.5 Å². The Morgan fingerprint density at radius 1 is 1.00 bits per heavy atom. The maximum Gasteiger partial charge on any atom is 0.410 e. The average molecular weight is 487 g/mol. The summed E-state index contributed by atoms with van der Waals surface area (Å²) < 4.78 is 5.50. The molecule has 1 aromatic carbocycles. The Labute approximate surface area is 202 Å². The first-order valence-corrected chi connectivity index (χ1v) is 11.8. The lowest BCUT2D eigenvalue weighted by Gasteiger charge is -2.43. The highest BCUT2D eigenvalue weighted by Gasteiger charge is 2.49. The molecule has 2 fully saturated rings. The predicted molar refractivity (Wildman–Crippen MR) is 123 cm³/mol. The summed E-state index contributed by atoms with van der Waals surface area (Å²) in [5, 5.41) is 19.2. The summed E-state index contributed by atoms with van der Waals surface area (Å²) in [6.07, 6.45) is 1.27. The van der Waals surface area contributed by atoms with Gasteiger partial charge in [-0.15, -0.1) is 0 Å². The topological polar surface area (TPSA) is 140 Å². The molecule has 35 heavy (non-hydrogen) atoms. The molecule has 4 amide bonds. The van der Waals surface area contributed by atoms with Crippen LogP contribution in [-0.2, 0) is 14.3 Å². The molecule has 3 heterocycles. The molecule has 11 nitrogen and oxygen atoms in total. The fraction of sp³-hybridized carbons (Fsp3) is 0.500. The highest BCUT2D eigenvalue weighted by Crippen LogP contribution is 2.30. The molecule has 0 saturated carbocycles. The standard InChI is InChI=1S/C24H30N4O7/c29-21(25-34)19-14-18(35-24(33)27-10-4-5-11-27)15-28(23(31)32)20(19)22(30)26-12-8-17(9-13-26)16-6-2-1-3-7-16/h1-3,6-8,18-20,34H,4-5,9-15H2,(H,25,29)(H,31,32)/t18-,19-,20-/m0/s1. The van der Waals surface area contributed by atoms with Crippen LogP contribution in [0.4, 0.5) is 9.59 Å². The number of carbonyl (C=O) groups excluding carboxylic acids is 3. The summed E-state index contributed by atoms with van der Waals surface area (Å²) in [6, 6.07) is 8.43. The van der Waals surface area contributed by atoms with Crippen molar-refractivity contribution >= 4 is 29.6 Å². The van der Waals surface area contributed by atoms with E-state index in [1.165, 1.54) is 9.80 Å². The number of carboxylic acid groups (broad SMARTS) is 1. The molecule has 0 aromatic heterocycles. The van der Waals surface area contributed by atoms with E-state index in [0.29, 0.717) is 26.1 Å². The molecule has 1 aromatic rings. The van der Waals surface area contributed by atoms with Crippen molar-refractivity contribution in [2.24, 2.45) is 5.92 Å². The van der Waals surface area contributed by atoms with Crippen LogP contribution in [0.15, 0.2) is 36.4 Å². The molecule has 3 aliphatic heterocycles. The number of hydrogen-bond acceptors (Lipinski definition) is 6. The van der Waals surface area contributed by atoms with Gasteiger partial charge in [-0.05, 0) is 30.4 Å². The lowest BCUT2D eigenvalue weighted by atomic mass is 9.85. The number of benzene rings is 1. The first kappa shape index (κ1) is 24.5. The Morgan fingerprint density at radius 2 is 1.71 bits per heavy atom. The van der Waals surface area contributed by atoms with E-state index in [2.05, 4.69) is 0 Å². The summed E-state index contributed by atoms with van der Waals surface area (Å²) >= 11 is 0. The third-order valence-electron chi connectivity index (χ3n) is 6.88. The van der Waals surface area contributed by atoms with Crippen LogP contribution in [0.5, 0.6) is 0 Å². The third-order valence-corrected chi connectivity index (χ3v) is 6.88. The van der Waals surface area contributed by atoms with Crippen LogP contribution >= 0.6 is 0 Å². The van der Waals surface area contributed by atoms with Crippen molar-refractivity contribution in [1.29, 1.82) is 0 Å². The number of rotatable bonds is 4. The fourth-order valence-corrected chi connectivity index (χ4v) is 5.05. The van der Waals surface area contributed by atoms with Crippen molar-refractivity contribution in [2.45, 2.75) is 37.8 Å². The molecule has 4 rings (SSSR count). The number of carbonyl (C=O) groups is 4. The Morgan fingerprint density at radius 3 is 2.31 bits per heavy atom. The fourth-order valence-electron chi connectivity index (χ4n) is 5.05. The van der Waals surface area contributed by atoms with Crippen LogP contribution in [0, 0.1) is 5.92 Å². The first-order chi connectivity index (χ1) is 16.9. The average Bonchev–Trinajstić information content (AvgIpc) is 3.43. The highest BCUT2D eigenvalue weighted by molar-refractivity contribution is 5.93. The summed E-state index contributed by atoms with van der Waals surface area (Å²) in [6.45, 7) is 1.52. The zero-order chi connectivity index (χ0) is 24.9. The van der Waals surface area contributed by atoms with Gasteiger partial charge in [0.25, 0.3) is 0 Å². The van der Waals surface area contributed by atoms with Gasteiger partial charge in [0, 0.05) is 32.6 Å². The molecule has 2 saturated heterocycles. The van der Waals surface area contributed by atoms with Gasteiger partial charge in [-0.1, -0.05) is 36.4 Å². The predicted octanol–water partition coefficient (Wildman–Crippen LogP) is 1.78. The summed E-state index contributed by atoms with van der Waals surface area (Å²) in [5.74, 6) is -2.63. The smallest absolute Gasteiger partial charge is 0.410 e. The molecule has 3 N–H and O–H groups in total. The molecule has 0 radical (unpaired) electrons.